The maximum atomic E-state index is 12.6. The average molecular weight is 354 g/mol. The Balaban J connectivity index is 1.74. The Morgan fingerprint density at radius 3 is 2.73 bits per heavy atom. The SMILES string of the molecule is COc1ccc(OC)c([C@H]2CCCN2CC(=O)Nc2ccccc2C)c1. The molecule has 5 heteroatoms. The Labute approximate surface area is 154 Å². The molecule has 138 valence electrons. The van der Waals surface area contributed by atoms with Gasteiger partial charge >= 0.3 is 0 Å². The number of ether oxygens (including phenoxy) is 2. The van der Waals surface area contributed by atoms with Crippen LogP contribution in [0.3, 0.4) is 0 Å². The fourth-order valence-corrected chi connectivity index (χ4v) is 3.55. The molecule has 0 saturated carbocycles. The van der Waals surface area contributed by atoms with E-state index in [-0.39, 0.29) is 11.9 Å². The van der Waals surface area contributed by atoms with Crippen molar-refractivity contribution in [2.24, 2.45) is 0 Å². The standard InChI is InChI=1S/C21H26N2O3/c1-15-7-4-5-8-18(15)22-21(24)14-23-12-6-9-19(23)17-13-16(25-2)10-11-20(17)26-3/h4-5,7-8,10-11,13,19H,6,9,12,14H2,1-3H3,(H,22,24)/t19-/m1/s1. The zero-order chi connectivity index (χ0) is 18.5. The van der Waals surface area contributed by atoms with Gasteiger partial charge in [-0.3, -0.25) is 9.69 Å². The lowest BCUT2D eigenvalue weighted by Gasteiger charge is -2.26. The molecule has 0 aromatic heterocycles. The third-order valence-corrected chi connectivity index (χ3v) is 4.93. The van der Waals surface area contributed by atoms with Crippen molar-refractivity contribution in [3.8, 4) is 11.5 Å². The molecule has 1 fully saturated rings. The van der Waals surface area contributed by atoms with E-state index in [1.807, 2.05) is 49.4 Å². The van der Waals surface area contributed by atoms with Gasteiger partial charge in [-0.15, -0.1) is 0 Å². The monoisotopic (exact) mass is 354 g/mol. The number of hydrogen-bond donors (Lipinski definition) is 1. The number of carbonyl (C=O) groups excluding carboxylic acids is 1. The van der Waals surface area contributed by atoms with Gasteiger partial charge in [-0.2, -0.15) is 0 Å². The van der Waals surface area contributed by atoms with Crippen molar-refractivity contribution in [2.75, 3.05) is 32.6 Å². The number of hydrogen-bond acceptors (Lipinski definition) is 4. The first-order valence-electron chi connectivity index (χ1n) is 8.94. The molecule has 1 aliphatic rings. The molecule has 1 aliphatic heterocycles. The molecule has 0 radical (unpaired) electrons. The zero-order valence-electron chi connectivity index (χ0n) is 15.6. The number of rotatable bonds is 6. The summed E-state index contributed by atoms with van der Waals surface area (Å²) in [7, 11) is 3.34. The van der Waals surface area contributed by atoms with Crippen molar-refractivity contribution in [3.05, 3.63) is 53.6 Å². The lowest BCUT2D eigenvalue weighted by atomic mass is 10.0. The molecule has 5 nitrogen and oxygen atoms in total. The number of anilines is 1. The molecular formula is C21H26N2O3. The van der Waals surface area contributed by atoms with Crippen molar-refractivity contribution >= 4 is 11.6 Å². The predicted octanol–water partition coefficient (Wildman–Crippen LogP) is 3.79. The van der Waals surface area contributed by atoms with E-state index < -0.39 is 0 Å². The number of benzene rings is 2. The van der Waals surface area contributed by atoms with Crippen molar-refractivity contribution in [3.63, 3.8) is 0 Å². The van der Waals surface area contributed by atoms with Gasteiger partial charge in [-0.25, -0.2) is 0 Å². The second kappa shape index (κ2) is 8.23. The van der Waals surface area contributed by atoms with Gasteiger partial charge in [0.1, 0.15) is 11.5 Å². The Morgan fingerprint density at radius 1 is 1.19 bits per heavy atom. The summed E-state index contributed by atoms with van der Waals surface area (Å²) in [4.78, 5) is 14.8. The third-order valence-electron chi connectivity index (χ3n) is 4.93. The second-order valence-electron chi connectivity index (χ2n) is 6.60. The highest BCUT2D eigenvalue weighted by Gasteiger charge is 2.30. The molecule has 1 N–H and O–H groups in total. The number of aryl methyl sites for hydroxylation is 1. The van der Waals surface area contributed by atoms with Crippen LogP contribution in [0.1, 0.15) is 30.0 Å². The summed E-state index contributed by atoms with van der Waals surface area (Å²) in [6, 6.07) is 13.8. The van der Waals surface area contributed by atoms with Gasteiger partial charge in [-0.1, -0.05) is 18.2 Å². The van der Waals surface area contributed by atoms with E-state index in [1.165, 1.54) is 0 Å². The number of nitrogens with one attached hydrogen (secondary N) is 1. The lowest BCUT2D eigenvalue weighted by Crippen LogP contribution is -2.33. The zero-order valence-corrected chi connectivity index (χ0v) is 15.6. The van der Waals surface area contributed by atoms with Crippen LogP contribution < -0.4 is 14.8 Å². The van der Waals surface area contributed by atoms with Crippen LogP contribution in [0.5, 0.6) is 11.5 Å². The maximum Gasteiger partial charge on any atom is 0.238 e. The topological polar surface area (TPSA) is 50.8 Å². The number of likely N-dealkylation sites (tertiary alicyclic amines) is 1. The summed E-state index contributed by atoms with van der Waals surface area (Å²) in [6.07, 6.45) is 2.06. The minimum Gasteiger partial charge on any atom is -0.497 e. The largest absolute Gasteiger partial charge is 0.497 e. The molecule has 1 heterocycles. The highest BCUT2D eigenvalue weighted by molar-refractivity contribution is 5.93. The number of nitrogens with zero attached hydrogens (tertiary/aromatic N) is 1. The van der Waals surface area contributed by atoms with Gasteiger partial charge in [-0.05, 0) is 56.1 Å². The molecule has 1 atom stereocenters. The van der Waals surface area contributed by atoms with E-state index in [0.717, 1.165) is 47.7 Å². The van der Waals surface area contributed by atoms with Crippen molar-refractivity contribution in [1.29, 1.82) is 0 Å². The van der Waals surface area contributed by atoms with Crippen molar-refractivity contribution in [2.45, 2.75) is 25.8 Å². The Morgan fingerprint density at radius 2 is 2.00 bits per heavy atom. The van der Waals surface area contributed by atoms with E-state index in [1.54, 1.807) is 14.2 Å². The fraction of sp³-hybridized carbons (Fsp3) is 0.381. The van der Waals surface area contributed by atoms with E-state index in [4.69, 9.17) is 9.47 Å². The lowest BCUT2D eigenvalue weighted by molar-refractivity contribution is -0.117. The van der Waals surface area contributed by atoms with Gasteiger partial charge in [0.25, 0.3) is 0 Å². The molecule has 1 saturated heterocycles. The molecule has 0 unspecified atom stereocenters. The van der Waals surface area contributed by atoms with Crippen LogP contribution in [0.15, 0.2) is 42.5 Å². The smallest absolute Gasteiger partial charge is 0.238 e. The van der Waals surface area contributed by atoms with Gasteiger partial charge in [0.15, 0.2) is 0 Å². The van der Waals surface area contributed by atoms with E-state index in [9.17, 15) is 4.79 Å². The Kier molecular flexibility index (Phi) is 5.78. The second-order valence-corrected chi connectivity index (χ2v) is 6.60. The van der Waals surface area contributed by atoms with Crippen LogP contribution in [0.25, 0.3) is 0 Å². The van der Waals surface area contributed by atoms with E-state index >= 15 is 0 Å². The molecule has 2 aromatic carbocycles. The third kappa shape index (κ3) is 3.99. The molecule has 0 spiro atoms. The minimum absolute atomic E-state index is 0.00747. The van der Waals surface area contributed by atoms with E-state index in [0.29, 0.717) is 6.54 Å². The summed E-state index contributed by atoms with van der Waals surface area (Å²) in [6.45, 7) is 3.25. The number of carbonyl (C=O) groups is 1. The van der Waals surface area contributed by atoms with Crippen molar-refractivity contribution in [1.82, 2.24) is 4.90 Å². The van der Waals surface area contributed by atoms with Crippen LogP contribution in [-0.4, -0.2) is 38.1 Å². The summed E-state index contributed by atoms with van der Waals surface area (Å²) >= 11 is 0. The summed E-state index contributed by atoms with van der Waals surface area (Å²) in [5.41, 5.74) is 3.01. The normalized spacial score (nSPS) is 17.1. The van der Waals surface area contributed by atoms with Gasteiger partial charge in [0.2, 0.25) is 5.91 Å². The van der Waals surface area contributed by atoms with Crippen LogP contribution in [0.4, 0.5) is 5.69 Å². The van der Waals surface area contributed by atoms with Gasteiger partial charge in [0.05, 0.1) is 20.8 Å². The highest BCUT2D eigenvalue weighted by Crippen LogP contribution is 2.38. The number of amides is 1. The quantitative estimate of drug-likeness (QED) is 0.857. The molecule has 1 amide bonds. The summed E-state index contributed by atoms with van der Waals surface area (Å²) in [5.74, 6) is 1.65. The minimum atomic E-state index is 0.00747. The summed E-state index contributed by atoms with van der Waals surface area (Å²) in [5, 5.41) is 3.02. The Bertz CT molecular complexity index is 776. The first-order chi connectivity index (χ1) is 12.6. The predicted molar refractivity (Wildman–Crippen MR) is 103 cm³/mol. The highest BCUT2D eigenvalue weighted by atomic mass is 16.5. The molecule has 26 heavy (non-hydrogen) atoms. The number of para-hydroxylation sites is 1. The number of methoxy groups -OCH3 is 2. The van der Waals surface area contributed by atoms with Gasteiger partial charge in [0, 0.05) is 17.3 Å². The Hall–Kier alpha value is -2.53. The van der Waals surface area contributed by atoms with Crippen molar-refractivity contribution < 1.29 is 14.3 Å². The van der Waals surface area contributed by atoms with Crippen LogP contribution in [0.2, 0.25) is 0 Å². The molecule has 2 aromatic rings. The van der Waals surface area contributed by atoms with Crippen LogP contribution in [0, 0.1) is 6.92 Å². The molecule has 0 aliphatic carbocycles. The average Bonchev–Trinajstić information content (AvgIpc) is 3.10. The van der Waals surface area contributed by atoms with Gasteiger partial charge < -0.3 is 14.8 Å². The van der Waals surface area contributed by atoms with Crippen LogP contribution >= 0.6 is 0 Å². The fourth-order valence-electron chi connectivity index (χ4n) is 3.55. The molecular weight excluding hydrogens is 328 g/mol. The maximum absolute atomic E-state index is 12.6. The first kappa shape index (κ1) is 18.3. The van der Waals surface area contributed by atoms with Crippen LogP contribution in [-0.2, 0) is 4.79 Å². The first-order valence-corrected chi connectivity index (χ1v) is 8.94. The van der Waals surface area contributed by atoms with E-state index in [2.05, 4.69) is 10.2 Å². The molecule has 0 bridgehead atoms. The summed E-state index contributed by atoms with van der Waals surface area (Å²) < 4.78 is 10.9. The molecule has 3 rings (SSSR count).